The van der Waals surface area contributed by atoms with E-state index in [0.29, 0.717) is 5.56 Å². The summed E-state index contributed by atoms with van der Waals surface area (Å²) in [7, 11) is 0. The molecular weight excluding hydrogens is 412 g/mol. The maximum absolute atomic E-state index is 11.8. The van der Waals surface area contributed by atoms with Crippen LogP contribution >= 0.6 is 31.9 Å². The van der Waals surface area contributed by atoms with Gasteiger partial charge in [-0.15, -0.1) is 0 Å². The van der Waals surface area contributed by atoms with Crippen molar-refractivity contribution in [2.24, 2.45) is 5.10 Å². The number of aliphatic hydroxyl groups excluding tert-OH is 1. The van der Waals surface area contributed by atoms with E-state index in [1.54, 1.807) is 24.3 Å². The van der Waals surface area contributed by atoms with Gasteiger partial charge in [-0.1, -0.05) is 62.2 Å². The third-order valence-corrected chi connectivity index (χ3v) is 4.70. The van der Waals surface area contributed by atoms with Crippen molar-refractivity contribution in [3.8, 4) is 0 Å². The molecule has 0 aromatic heterocycles. The fourth-order valence-electron chi connectivity index (χ4n) is 1.76. The zero-order chi connectivity index (χ0) is 16.1. The van der Waals surface area contributed by atoms with Gasteiger partial charge in [-0.3, -0.25) is 4.79 Å². The van der Waals surface area contributed by atoms with E-state index in [4.69, 9.17) is 0 Å². The molecule has 1 amide bonds. The summed E-state index contributed by atoms with van der Waals surface area (Å²) in [5, 5.41) is 13.8. The molecule has 2 N–H and O–H groups in total. The number of nitrogens with one attached hydrogen (secondary N) is 1. The summed E-state index contributed by atoms with van der Waals surface area (Å²) in [6.45, 7) is 1.98. The van der Waals surface area contributed by atoms with E-state index in [1.165, 1.54) is 6.21 Å². The van der Waals surface area contributed by atoms with Crippen LogP contribution in [0.25, 0.3) is 0 Å². The summed E-state index contributed by atoms with van der Waals surface area (Å²) >= 11 is 6.91. The van der Waals surface area contributed by atoms with Crippen LogP contribution in [-0.2, 0) is 4.79 Å². The average Bonchev–Trinajstić information content (AvgIpc) is 2.52. The van der Waals surface area contributed by atoms with Crippen molar-refractivity contribution in [3.05, 3.63) is 68.1 Å². The molecule has 0 heterocycles. The molecule has 2 aromatic rings. The molecule has 2 aromatic carbocycles. The molecule has 22 heavy (non-hydrogen) atoms. The topological polar surface area (TPSA) is 61.7 Å². The van der Waals surface area contributed by atoms with Crippen LogP contribution in [0.4, 0.5) is 0 Å². The molecule has 0 aliphatic heterocycles. The van der Waals surface area contributed by atoms with Crippen molar-refractivity contribution >= 4 is 44.0 Å². The van der Waals surface area contributed by atoms with Crippen LogP contribution in [0.3, 0.4) is 0 Å². The molecule has 0 unspecified atom stereocenters. The van der Waals surface area contributed by atoms with Gasteiger partial charge in [-0.2, -0.15) is 5.10 Å². The first-order valence-electron chi connectivity index (χ1n) is 6.50. The molecule has 1 atom stereocenters. The molecule has 0 aliphatic rings. The summed E-state index contributed by atoms with van der Waals surface area (Å²) in [4.78, 5) is 11.8. The number of rotatable bonds is 4. The van der Waals surface area contributed by atoms with Gasteiger partial charge in [-0.05, 0) is 35.7 Å². The number of hydrogen-bond acceptors (Lipinski definition) is 3. The molecule has 0 aliphatic carbocycles. The van der Waals surface area contributed by atoms with Crippen LogP contribution in [0.5, 0.6) is 0 Å². The van der Waals surface area contributed by atoms with Crippen LogP contribution in [0.1, 0.15) is 22.8 Å². The van der Waals surface area contributed by atoms with Crippen molar-refractivity contribution in [1.29, 1.82) is 0 Å². The van der Waals surface area contributed by atoms with Gasteiger partial charge in [0.15, 0.2) is 6.10 Å². The number of carbonyl (C=O) groups is 1. The molecule has 2 rings (SSSR count). The molecule has 4 nitrogen and oxygen atoms in total. The normalized spacial score (nSPS) is 12.4. The largest absolute Gasteiger partial charge is 0.378 e. The molecular formula is C16H14Br2N2O2. The lowest BCUT2D eigenvalue weighted by Crippen LogP contribution is -2.25. The first-order valence-corrected chi connectivity index (χ1v) is 8.09. The predicted molar refractivity (Wildman–Crippen MR) is 93.7 cm³/mol. The molecule has 0 radical (unpaired) electrons. The lowest BCUT2D eigenvalue weighted by Gasteiger charge is -2.08. The fraction of sp³-hybridized carbons (Fsp3) is 0.125. The molecule has 0 spiro atoms. The first kappa shape index (κ1) is 16.9. The van der Waals surface area contributed by atoms with Crippen LogP contribution in [0.15, 0.2) is 56.5 Å². The summed E-state index contributed by atoms with van der Waals surface area (Å²) in [5.41, 5.74) is 4.76. The van der Waals surface area contributed by atoms with Gasteiger partial charge in [-0.25, -0.2) is 5.43 Å². The van der Waals surface area contributed by atoms with Crippen LogP contribution < -0.4 is 5.43 Å². The quantitative estimate of drug-likeness (QED) is 0.579. The Hall–Kier alpha value is -1.50. The number of hydrazone groups is 1. The molecule has 6 heteroatoms. The third kappa shape index (κ3) is 4.25. The van der Waals surface area contributed by atoms with Gasteiger partial charge < -0.3 is 5.11 Å². The van der Waals surface area contributed by atoms with Crippen LogP contribution in [-0.4, -0.2) is 17.2 Å². The standard InChI is InChI=1S/C16H14Br2N2O2/c1-10-13(17)7-11(8-14(10)18)9-19-20-16(22)15(21)12-5-3-2-4-6-12/h2-9,15,21H,1H3,(H,20,22)/b19-9-/t15-/m0/s1. The number of amides is 1. The van der Waals surface area contributed by atoms with Crippen LogP contribution in [0, 0.1) is 6.92 Å². The zero-order valence-electron chi connectivity index (χ0n) is 11.8. The van der Waals surface area contributed by atoms with Gasteiger partial charge in [0, 0.05) is 8.95 Å². The Morgan fingerprint density at radius 2 is 1.82 bits per heavy atom. The third-order valence-electron chi connectivity index (χ3n) is 3.06. The monoisotopic (exact) mass is 424 g/mol. The minimum absolute atomic E-state index is 0.524. The van der Waals surface area contributed by atoms with Crippen molar-refractivity contribution in [1.82, 2.24) is 5.43 Å². The number of aliphatic hydroxyl groups is 1. The van der Waals surface area contributed by atoms with Crippen molar-refractivity contribution in [3.63, 3.8) is 0 Å². The SMILES string of the molecule is Cc1c(Br)cc(/C=N\NC(=O)[C@@H](O)c2ccccc2)cc1Br. The Morgan fingerprint density at radius 3 is 2.41 bits per heavy atom. The number of nitrogens with zero attached hydrogens (tertiary/aromatic N) is 1. The first-order chi connectivity index (χ1) is 10.5. The van der Waals surface area contributed by atoms with E-state index in [1.807, 2.05) is 25.1 Å². The Labute approximate surface area is 145 Å². The lowest BCUT2D eigenvalue weighted by molar-refractivity contribution is -0.129. The van der Waals surface area contributed by atoms with Crippen molar-refractivity contribution in [2.75, 3.05) is 0 Å². The second kappa shape index (κ2) is 7.67. The van der Waals surface area contributed by atoms with E-state index in [9.17, 15) is 9.90 Å². The Morgan fingerprint density at radius 1 is 1.23 bits per heavy atom. The number of carbonyl (C=O) groups excluding carboxylic acids is 1. The maximum atomic E-state index is 11.8. The number of hydrogen-bond donors (Lipinski definition) is 2. The van der Waals surface area contributed by atoms with Crippen molar-refractivity contribution in [2.45, 2.75) is 13.0 Å². The summed E-state index contributed by atoms with van der Waals surface area (Å²) in [6, 6.07) is 12.5. The van der Waals surface area contributed by atoms with E-state index in [2.05, 4.69) is 42.4 Å². The minimum atomic E-state index is -1.24. The lowest BCUT2D eigenvalue weighted by atomic mass is 10.1. The van der Waals surface area contributed by atoms with Crippen LogP contribution in [0.2, 0.25) is 0 Å². The highest BCUT2D eigenvalue weighted by atomic mass is 79.9. The Bertz CT molecular complexity index is 680. The molecule has 0 bridgehead atoms. The summed E-state index contributed by atoms with van der Waals surface area (Å²) in [6.07, 6.45) is 0.278. The summed E-state index contributed by atoms with van der Waals surface area (Å²) in [5.74, 6) is -0.576. The van der Waals surface area contributed by atoms with Crippen molar-refractivity contribution < 1.29 is 9.90 Å². The van der Waals surface area contributed by atoms with E-state index >= 15 is 0 Å². The average molecular weight is 426 g/mol. The zero-order valence-corrected chi connectivity index (χ0v) is 14.9. The van der Waals surface area contributed by atoms with Gasteiger partial charge in [0.05, 0.1) is 6.21 Å². The molecule has 0 saturated carbocycles. The highest BCUT2D eigenvalue weighted by molar-refractivity contribution is 9.11. The predicted octanol–water partition coefficient (Wildman–Crippen LogP) is 3.70. The van der Waals surface area contributed by atoms with E-state index < -0.39 is 12.0 Å². The Balaban J connectivity index is 2.02. The van der Waals surface area contributed by atoms with E-state index in [-0.39, 0.29) is 0 Å². The van der Waals surface area contributed by atoms with Gasteiger partial charge >= 0.3 is 0 Å². The maximum Gasteiger partial charge on any atom is 0.273 e. The van der Waals surface area contributed by atoms with E-state index in [0.717, 1.165) is 20.1 Å². The molecule has 114 valence electrons. The fourth-order valence-corrected chi connectivity index (χ4v) is 2.98. The number of benzene rings is 2. The minimum Gasteiger partial charge on any atom is -0.378 e. The second-order valence-corrected chi connectivity index (χ2v) is 6.37. The molecule has 0 fully saturated rings. The summed E-state index contributed by atoms with van der Waals surface area (Å²) < 4.78 is 1.89. The Kier molecular flexibility index (Phi) is 5.88. The van der Waals surface area contributed by atoms with Gasteiger partial charge in [0.1, 0.15) is 0 Å². The molecule has 0 saturated heterocycles. The van der Waals surface area contributed by atoms with Gasteiger partial charge in [0.25, 0.3) is 5.91 Å². The van der Waals surface area contributed by atoms with Gasteiger partial charge in [0.2, 0.25) is 0 Å². The number of halogens is 2. The highest BCUT2D eigenvalue weighted by Gasteiger charge is 2.15. The highest BCUT2D eigenvalue weighted by Crippen LogP contribution is 2.25. The smallest absolute Gasteiger partial charge is 0.273 e. The second-order valence-electron chi connectivity index (χ2n) is 4.66.